The summed E-state index contributed by atoms with van der Waals surface area (Å²) >= 11 is 4.98. The Morgan fingerprint density at radius 2 is 2.58 bits per heavy atom. The van der Waals surface area contributed by atoms with Gasteiger partial charge in [0.1, 0.15) is 0 Å². The lowest BCUT2D eigenvalue weighted by Gasteiger charge is -2.09. The van der Waals surface area contributed by atoms with Crippen molar-refractivity contribution < 1.29 is 4.84 Å². The molecule has 1 atom stereocenters. The van der Waals surface area contributed by atoms with Gasteiger partial charge in [0.15, 0.2) is 5.08 Å². The van der Waals surface area contributed by atoms with Gasteiger partial charge in [0.2, 0.25) is 5.90 Å². The highest BCUT2D eigenvalue weighted by atomic mass is 79.9. The van der Waals surface area contributed by atoms with Crippen LogP contribution in [0.4, 0.5) is 0 Å². The molecule has 1 aliphatic rings. The zero-order chi connectivity index (χ0) is 8.55. The summed E-state index contributed by atoms with van der Waals surface area (Å²) in [5.74, 6) is 0.681. The lowest BCUT2D eigenvalue weighted by molar-refractivity contribution is -0.0285. The van der Waals surface area contributed by atoms with E-state index >= 15 is 0 Å². The molecule has 0 bridgehead atoms. The van der Waals surface area contributed by atoms with Gasteiger partial charge in [-0.2, -0.15) is 11.3 Å². The first-order valence-electron chi connectivity index (χ1n) is 3.42. The standard InChI is InChI=1S/C7H7BrN2OS/c1-10-7(8)9-6(11-10)5-2-3-12-4-5/h2-4,7H,1H3. The summed E-state index contributed by atoms with van der Waals surface area (Å²) in [6, 6.07) is 1.99. The lowest BCUT2D eigenvalue weighted by Crippen LogP contribution is -2.19. The molecule has 12 heavy (non-hydrogen) atoms. The maximum atomic E-state index is 5.36. The molecule has 0 saturated heterocycles. The Bertz CT molecular complexity index is 298. The van der Waals surface area contributed by atoms with E-state index in [-0.39, 0.29) is 5.08 Å². The first kappa shape index (κ1) is 8.22. The minimum Gasteiger partial charge on any atom is -0.383 e. The van der Waals surface area contributed by atoms with Crippen LogP contribution in [0, 0.1) is 0 Å². The Kier molecular flexibility index (Phi) is 2.16. The third-order valence-electron chi connectivity index (χ3n) is 1.52. The van der Waals surface area contributed by atoms with Gasteiger partial charge in [0.05, 0.1) is 0 Å². The summed E-state index contributed by atoms with van der Waals surface area (Å²) in [5.41, 5.74) is 1.04. The van der Waals surface area contributed by atoms with E-state index in [2.05, 4.69) is 20.9 Å². The number of halogens is 1. The molecule has 64 valence electrons. The van der Waals surface area contributed by atoms with Crippen molar-refractivity contribution in [3.8, 4) is 0 Å². The van der Waals surface area contributed by atoms with Crippen LogP contribution in [0.2, 0.25) is 0 Å². The molecule has 0 N–H and O–H groups in total. The van der Waals surface area contributed by atoms with Crippen LogP contribution in [-0.4, -0.2) is 23.1 Å². The zero-order valence-electron chi connectivity index (χ0n) is 6.40. The minimum absolute atomic E-state index is 0.0626. The second kappa shape index (κ2) is 3.16. The summed E-state index contributed by atoms with van der Waals surface area (Å²) in [6.45, 7) is 0. The van der Waals surface area contributed by atoms with E-state index < -0.39 is 0 Å². The molecule has 0 fully saturated rings. The summed E-state index contributed by atoms with van der Waals surface area (Å²) in [5, 5.41) is 5.61. The van der Waals surface area contributed by atoms with E-state index in [1.807, 2.05) is 23.9 Å². The van der Waals surface area contributed by atoms with Crippen molar-refractivity contribution in [2.75, 3.05) is 7.05 Å². The van der Waals surface area contributed by atoms with Crippen LogP contribution in [0.1, 0.15) is 5.56 Å². The first-order chi connectivity index (χ1) is 5.77. The van der Waals surface area contributed by atoms with Crippen molar-refractivity contribution in [3.05, 3.63) is 22.4 Å². The van der Waals surface area contributed by atoms with Gasteiger partial charge in [-0.25, -0.2) is 4.99 Å². The average Bonchev–Trinajstić information content (AvgIpc) is 2.61. The monoisotopic (exact) mass is 246 g/mol. The summed E-state index contributed by atoms with van der Waals surface area (Å²) in [4.78, 5) is 9.62. The van der Waals surface area contributed by atoms with Crippen LogP contribution >= 0.6 is 27.3 Å². The maximum Gasteiger partial charge on any atom is 0.244 e. The average molecular weight is 247 g/mol. The van der Waals surface area contributed by atoms with Crippen LogP contribution in [0.15, 0.2) is 21.8 Å². The van der Waals surface area contributed by atoms with Crippen LogP contribution in [0.5, 0.6) is 0 Å². The van der Waals surface area contributed by atoms with Gasteiger partial charge in [-0.1, -0.05) is 0 Å². The van der Waals surface area contributed by atoms with E-state index in [0.717, 1.165) is 5.56 Å². The molecule has 3 nitrogen and oxygen atoms in total. The smallest absolute Gasteiger partial charge is 0.244 e. The Hall–Kier alpha value is -0.390. The second-order valence-electron chi connectivity index (χ2n) is 2.39. The number of aliphatic imine (C=N–C) groups is 1. The number of rotatable bonds is 1. The van der Waals surface area contributed by atoms with Crippen molar-refractivity contribution >= 4 is 33.2 Å². The number of hydrogen-bond acceptors (Lipinski definition) is 4. The molecule has 1 aromatic rings. The summed E-state index contributed by atoms with van der Waals surface area (Å²) in [7, 11) is 1.84. The van der Waals surface area contributed by atoms with Gasteiger partial charge in [-0.3, -0.25) is 0 Å². The van der Waals surface area contributed by atoms with Crippen LogP contribution < -0.4 is 0 Å². The summed E-state index contributed by atoms with van der Waals surface area (Å²) < 4.78 is 0. The van der Waals surface area contributed by atoms with E-state index in [4.69, 9.17) is 4.84 Å². The maximum absolute atomic E-state index is 5.36. The van der Waals surface area contributed by atoms with Crippen molar-refractivity contribution in [1.29, 1.82) is 0 Å². The van der Waals surface area contributed by atoms with Gasteiger partial charge in [0, 0.05) is 18.0 Å². The van der Waals surface area contributed by atoms with Gasteiger partial charge >= 0.3 is 0 Å². The fraction of sp³-hybridized carbons (Fsp3) is 0.286. The third kappa shape index (κ3) is 1.39. The largest absolute Gasteiger partial charge is 0.383 e. The van der Waals surface area contributed by atoms with Crippen molar-refractivity contribution in [2.45, 2.75) is 5.08 Å². The first-order valence-corrected chi connectivity index (χ1v) is 5.28. The van der Waals surface area contributed by atoms with Gasteiger partial charge in [-0.15, -0.1) is 5.06 Å². The molecule has 1 aromatic heterocycles. The predicted octanol–water partition coefficient (Wildman–Crippen LogP) is 2.05. The molecule has 0 aromatic carbocycles. The predicted molar refractivity (Wildman–Crippen MR) is 52.4 cm³/mol. The molecular weight excluding hydrogens is 240 g/mol. The number of hydroxylamine groups is 2. The Balaban J connectivity index is 2.23. The fourth-order valence-electron chi connectivity index (χ4n) is 0.895. The molecule has 2 rings (SSSR count). The fourth-order valence-corrected chi connectivity index (χ4v) is 1.79. The van der Waals surface area contributed by atoms with Crippen molar-refractivity contribution in [2.24, 2.45) is 4.99 Å². The van der Waals surface area contributed by atoms with Crippen LogP contribution in [0.3, 0.4) is 0 Å². The summed E-state index contributed by atoms with van der Waals surface area (Å²) in [6.07, 6.45) is 0. The number of hydrogen-bond donors (Lipinski definition) is 0. The molecule has 1 aliphatic heterocycles. The van der Waals surface area contributed by atoms with E-state index in [1.54, 1.807) is 16.4 Å². The SMILES string of the molecule is CN1OC(c2ccsc2)=NC1Br. The van der Waals surface area contributed by atoms with E-state index in [0.29, 0.717) is 5.90 Å². The minimum atomic E-state index is -0.0626. The number of thiophene rings is 1. The van der Waals surface area contributed by atoms with Crippen molar-refractivity contribution in [3.63, 3.8) is 0 Å². The van der Waals surface area contributed by atoms with Gasteiger partial charge in [-0.05, 0) is 27.4 Å². The second-order valence-corrected chi connectivity index (χ2v) is 3.99. The lowest BCUT2D eigenvalue weighted by atomic mass is 10.3. The molecule has 0 aliphatic carbocycles. The van der Waals surface area contributed by atoms with E-state index in [9.17, 15) is 0 Å². The van der Waals surface area contributed by atoms with Crippen molar-refractivity contribution in [1.82, 2.24) is 5.06 Å². The van der Waals surface area contributed by atoms with E-state index in [1.165, 1.54) is 0 Å². The molecule has 0 spiro atoms. The molecule has 2 heterocycles. The Morgan fingerprint density at radius 1 is 1.75 bits per heavy atom. The highest BCUT2D eigenvalue weighted by Crippen LogP contribution is 2.20. The molecule has 5 heteroatoms. The topological polar surface area (TPSA) is 24.8 Å². The quantitative estimate of drug-likeness (QED) is 0.560. The molecule has 0 amide bonds. The normalized spacial score (nSPS) is 23.8. The number of alkyl halides is 1. The zero-order valence-corrected chi connectivity index (χ0v) is 8.80. The Morgan fingerprint density at radius 3 is 3.08 bits per heavy atom. The molecule has 0 radical (unpaired) electrons. The van der Waals surface area contributed by atoms with Crippen LogP contribution in [-0.2, 0) is 4.84 Å². The van der Waals surface area contributed by atoms with Crippen LogP contribution in [0.25, 0.3) is 0 Å². The van der Waals surface area contributed by atoms with Gasteiger partial charge < -0.3 is 4.84 Å². The van der Waals surface area contributed by atoms with Gasteiger partial charge in [0.25, 0.3) is 0 Å². The molecular formula is C7H7BrN2OS. The Labute approximate surface area is 82.8 Å². The molecule has 1 unspecified atom stereocenters. The number of nitrogens with zero attached hydrogens (tertiary/aromatic N) is 2. The highest BCUT2D eigenvalue weighted by molar-refractivity contribution is 9.09. The molecule has 0 saturated carbocycles. The third-order valence-corrected chi connectivity index (χ3v) is 2.99. The highest BCUT2D eigenvalue weighted by Gasteiger charge is 2.23.